The maximum atomic E-state index is 14.5. The van der Waals surface area contributed by atoms with Gasteiger partial charge in [0, 0.05) is 35.4 Å². The smallest absolute Gasteiger partial charge is 0.493 e. The molecule has 2 heterocycles. The van der Waals surface area contributed by atoms with E-state index in [0.717, 1.165) is 153 Å². The summed E-state index contributed by atoms with van der Waals surface area (Å²) in [4.78, 5) is 0. The Bertz CT molecular complexity index is 3820. The monoisotopic (exact) mass is 1740 g/mol. The zero-order valence-electron chi connectivity index (χ0n) is 76.4. The Hall–Kier alpha value is -4.72. The van der Waals surface area contributed by atoms with E-state index in [2.05, 4.69) is 85.8 Å². The van der Waals surface area contributed by atoms with Gasteiger partial charge in [-0.2, -0.15) is 0 Å². The van der Waals surface area contributed by atoms with Gasteiger partial charge in [-0.05, 0) is 50.7 Å². The first-order valence-corrected chi connectivity index (χ1v) is 47.4. The molecule has 0 fully saturated rings. The topological polar surface area (TPSA) is 117 Å². The van der Waals surface area contributed by atoms with Gasteiger partial charge in [-0.3, -0.25) is 0 Å². The van der Waals surface area contributed by atoms with Crippen LogP contribution < -0.4 is 142 Å². The van der Waals surface area contributed by atoms with Crippen molar-refractivity contribution in [2.24, 2.45) is 0 Å². The molecule has 0 amide bonds. The summed E-state index contributed by atoms with van der Waals surface area (Å²) in [6.07, 6.45) is 57.1. The van der Waals surface area contributed by atoms with Gasteiger partial charge in [0.25, 0.3) is 0 Å². The Kier molecular flexibility index (Phi) is 58.1. The third-order valence-corrected chi connectivity index (χ3v) is 22.6. The number of aromatic nitrogens is 6. The van der Waals surface area contributed by atoms with E-state index >= 15 is 0 Å². The first-order chi connectivity index (χ1) is 58.7. The fourth-order valence-corrected chi connectivity index (χ4v) is 15.3. The molecule has 0 aliphatic heterocycles. The molecular weight excluding hydrogens is 1590 g/mol. The number of rotatable bonds is 68. The SMILES string of the molecule is CCCCCCCCCCOc1cc(C#Cc2cc(OCCCCCCCCCC)c(-c3cn(Cc4ccccc4[B-](F)(F)F)nn3)cc2OCCCCCCCCCC)c(OCCCCCCCCCC)cc1C#Cc1cc(OCCCCCCCCCC)c(-c2cn(Cc3ccccc3[B-](F)(F)F)nn2)cc1OCCCCCCCCCC.[K+].[K+]. The summed E-state index contributed by atoms with van der Waals surface area (Å²) in [6.45, 7) is 5.15. The number of hydrogen-bond acceptors (Lipinski definition) is 10. The van der Waals surface area contributed by atoms with E-state index in [1.54, 1.807) is 24.5 Å². The molecule has 0 spiro atoms. The van der Waals surface area contributed by atoms with Crippen LogP contribution in [0.15, 0.2) is 97.3 Å². The van der Waals surface area contributed by atoms with E-state index in [-0.39, 0.29) is 127 Å². The van der Waals surface area contributed by atoms with Gasteiger partial charge in [-0.1, -0.05) is 405 Å². The van der Waals surface area contributed by atoms with E-state index in [9.17, 15) is 25.9 Å². The van der Waals surface area contributed by atoms with E-state index < -0.39 is 24.9 Å². The van der Waals surface area contributed by atoms with Crippen LogP contribution >= 0.6 is 0 Å². The quantitative estimate of drug-likeness (QED) is 0.0158. The normalized spacial score (nSPS) is 11.4. The van der Waals surface area contributed by atoms with Crippen molar-refractivity contribution < 1.29 is 157 Å². The van der Waals surface area contributed by atoms with Crippen molar-refractivity contribution in [3.05, 3.63) is 131 Å². The largest absolute Gasteiger partial charge is 1.00 e. The van der Waals surface area contributed by atoms with Crippen molar-refractivity contribution in [2.45, 2.75) is 363 Å². The minimum Gasteiger partial charge on any atom is -0.493 e. The predicted octanol–water partition coefficient (Wildman–Crippen LogP) is 22.3. The zero-order chi connectivity index (χ0) is 85.4. The molecule has 12 nitrogen and oxygen atoms in total. The van der Waals surface area contributed by atoms with Gasteiger partial charge in [0.15, 0.2) is 0 Å². The molecule has 22 heteroatoms. The van der Waals surface area contributed by atoms with E-state index in [0.29, 0.717) is 119 Å². The number of hydrogen-bond donors (Lipinski definition) is 0. The molecule has 2 aromatic heterocycles. The second kappa shape index (κ2) is 65.8. The van der Waals surface area contributed by atoms with Gasteiger partial charge in [0.2, 0.25) is 0 Å². The van der Waals surface area contributed by atoms with Crippen molar-refractivity contribution >= 4 is 24.9 Å². The minimum atomic E-state index is -5.28. The van der Waals surface area contributed by atoms with Crippen molar-refractivity contribution in [2.75, 3.05) is 39.6 Å². The molecule has 122 heavy (non-hydrogen) atoms. The zero-order valence-corrected chi connectivity index (χ0v) is 82.6. The van der Waals surface area contributed by atoms with Gasteiger partial charge in [-0.15, -0.1) is 21.1 Å². The molecule has 0 unspecified atom stereocenters. The Morgan fingerprint density at radius 3 is 0.713 bits per heavy atom. The van der Waals surface area contributed by atoms with Gasteiger partial charge in [0.1, 0.15) is 45.9 Å². The molecule has 0 aliphatic rings. The number of nitrogens with zero attached hydrogens (tertiary/aromatic N) is 6. The molecule has 7 aromatic rings. The summed E-state index contributed by atoms with van der Waals surface area (Å²) in [5.41, 5.74) is 3.28. The summed E-state index contributed by atoms with van der Waals surface area (Å²) in [5.74, 6) is 17.5. The summed E-state index contributed by atoms with van der Waals surface area (Å²) in [6, 6.07) is 22.9. The summed E-state index contributed by atoms with van der Waals surface area (Å²) in [5, 5.41) is 18.1. The summed E-state index contributed by atoms with van der Waals surface area (Å²) in [7, 11) is 0. The van der Waals surface area contributed by atoms with Gasteiger partial charge >= 0.3 is 117 Å². The maximum Gasteiger partial charge on any atom is 1.00 e. The van der Waals surface area contributed by atoms with Crippen LogP contribution in [0.3, 0.4) is 0 Å². The standard InChI is InChI=1S/C100H146B2F6N6O6.2K/c1-7-13-19-25-31-37-43-53-67-115-95-73-84(64-66-86-76-100(120-72-58-48-42-36-30-24-18-12-6)90(78-98(86)118-70-56-46-40-34-28-22-16-10-4)94-82-114(112-110-94)80-88-60-50-52-62-92(88)102(106,107)108)96(116-68-54-44-38-32-26-20-14-8-2)74-83(95)63-65-85-75-99(119-71-57-47-41-35-29-23-17-11-5)89(77-97(85)117-69-55-45-39-33-27-21-15-9-3)93-81-113(111-109-93)79-87-59-49-51-61-91(87)101(103,104)105;;/h49-52,59-62,73-78,81-82H,7-48,53-58,67-72,79-80H2,1-6H3;;/q-2;2*+1. The van der Waals surface area contributed by atoms with Crippen LogP contribution in [0.4, 0.5) is 25.9 Å². The molecule has 0 saturated heterocycles. The number of benzene rings is 5. The summed E-state index contributed by atoms with van der Waals surface area (Å²) < 4.78 is 131. The average molecular weight is 1740 g/mol. The number of unbranched alkanes of at least 4 members (excludes halogenated alkanes) is 42. The molecule has 5 aromatic carbocycles. The van der Waals surface area contributed by atoms with Gasteiger partial charge < -0.3 is 54.3 Å². The van der Waals surface area contributed by atoms with Gasteiger partial charge in [0.05, 0.1) is 87.4 Å². The molecule has 0 bridgehead atoms. The van der Waals surface area contributed by atoms with Crippen LogP contribution in [0, 0.1) is 23.7 Å². The Morgan fingerprint density at radius 1 is 0.270 bits per heavy atom. The minimum absolute atomic E-state index is 0. The number of ether oxygens (including phenoxy) is 6. The fourth-order valence-electron chi connectivity index (χ4n) is 15.3. The van der Waals surface area contributed by atoms with Crippen LogP contribution in [-0.2, 0) is 13.1 Å². The molecule has 7 rings (SSSR count). The Labute approximate surface area is 817 Å². The second-order valence-corrected chi connectivity index (χ2v) is 33.1. The van der Waals surface area contributed by atoms with Crippen molar-refractivity contribution in [3.63, 3.8) is 0 Å². The van der Waals surface area contributed by atoms with Gasteiger partial charge in [-0.25, -0.2) is 9.36 Å². The van der Waals surface area contributed by atoms with E-state index in [1.165, 1.54) is 201 Å². The van der Waals surface area contributed by atoms with Crippen molar-refractivity contribution in [3.8, 4) is 80.7 Å². The molecule has 0 aliphatic carbocycles. The number of halogens is 6. The van der Waals surface area contributed by atoms with Crippen molar-refractivity contribution in [1.29, 1.82) is 0 Å². The third-order valence-electron chi connectivity index (χ3n) is 22.6. The first-order valence-electron chi connectivity index (χ1n) is 47.4. The Morgan fingerprint density at radius 2 is 0.475 bits per heavy atom. The van der Waals surface area contributed by atoms with Crippen LogP contribution in [0.5, 0.6) is 34.5 Å². The van der Waals surface area contributed by atoms with Crippen molar-refractivity contribution in [1.82, 2.24) is 30.0 Å². The molecule has 0 atom stereocenters. The first kappa shape index (κ1) is 108. The van der Waals surface area contributed by atoms with Crippen LogP contribution in [0.25, 0.3) is 22.5 Å². The fraction of sp³-hybridized carbons (Fsp3) is 0.620. The molecule has 0 N–H and O–H groups in total. The van der Waals surface area contributed by atoms with Crippen LogP contribution in [0.2, 0.25) is 0 Å². The maximum absolute atomic E-state index is 14.5. The van der Waals surface area contributed by atoms with Crippen LogP contribution in [0.1, 0.15) is 383 Å². The third kappa shape index (κ3) is 42.9. The Balaban J connectivity index is 0.0000132. The second-order valence-electron chi connectivity index (χ2n) is 33.1. The molecular formula is C100H146B2F6K2N6O6. The molecule has 662 valence electrons. The van der Waals surface area contributed by atoms with Crippen LogP contribution in [-0.4, -0.2) is 83.6 Å². The summed E-state index contributed by atoms with van der Waals surface area (Å²) >= 11 is 0. The molecule has 0 radical (unpaired) electrons. The van der Waals surface area contributed by atoms with E-state index in [1.807, 2.05) is 36.4 Å². The van der Waals surface area contributed by atoms with E-state index in [4.69, 9.17) is 28.4 Å². The molecule has 0 saturated carbocycles. The average Bonchev–Trinajstić information content (AvgIpc) is 1.53. The predicted molar refractivity (Wildman–Crippen MR) is 486 cm³/mol.